The Labute approximate surface area is 89.9 Å². The number of aliphatic hydroxyl groups is 1. The SMILES string of the molecule is CN1CCCC(Cc2oncc2CO)C1. The van der Waals surface area contributed by atoms with Crippen LogP contribution < -0.4 is 0 Å². The average molecular weight is 210 g/mol. The van der Waals surface area contributed by atoms with Gasteiger partial charge in [0.15, 0.2) is 0 Å². The van der Waals surface area contributed by atoms with Crippen LogP contribution in [-0.2, 0) is 13.0 Å². The molecule has 4 nitrogen and oxygen atoms in total. The van der Waals surface area contributed by atoms with Gasteiger partial charge in [0.25, 0.3) is 0 Å². The second-order valence-corrected chi connectivity index (χ2v) is 4.41. The summed E-state index contributed by atoms with van der Waals surface area (Å²) >= 11 is 0. The van der Waals surface area contributed by atoms with Crippen LogP contribution >= 0.6 is 0 Å². The van der Waals surface area contributed by atoms with Crippen molar-refractivity contribution in [1.82, 2.24) is 10.1 Å². The number of nitrogens with zero attached hydrogens (tertiary/aromatic N) is 2. The largest absolute Gasteiger partial charge is 0.391 e. The standard InChI is InChI=1S/C11H18N2O2/c1-13-4-2-3-9(7-13)5-11-10(8-14)6-12-15-11/h6,9,14H,2-5,7-8H2,1H3. The smallest absolute Gasteiger partial charge is 0.142 e. The summed E-state index contributed by atoms with van der Waals surface area (Å²) < 4.78 is 5.16. The van der Waals surface area contributed by atoms with E-state index in [0.717, 1.165) is 24.3 Å². The van der Waals surface area contributed by atoms with E-state index >= 15 is 0 Å². The van der Waals surface area contributed by atoms with Gasteiger partial charge in [-0.25, -0.2) is 0 Å². The van der Waals surface area contributed by atoms with Crippen molar-refractivity contribution in [3.05, 3.63) is 17.5 Å². The van der Waals surface area contributed by atoms with E-state index in [1.807, 2.05) is 0 Å². The van der Waals surface area contributed by atoms with Crippen LogP contribution in [0.5, 0.6) is 0 Å². The van der Waals surface area contributed by atoms with Crippen molar-refractivity contribution in [1.29, 1.82) is 0 Å². The molecule has 0 amide bonds. The molecule has 0 aromatic carbocycles. The minimum atomic E-state index is 0.0292. The molecule has 2 rings (SSSR count). The lowest BCUT2D eigenvalue weighted by Crippen LogP contribution is -2.33. The minimum absolute atomic E-state index is 0.0292. The van der Waals surface area contributed by atoms with Crippen LogP contribution in [0.1, 0.15) is 24.2 Å². The lowest BCUT2D eigenvalue weighted by molar-refractivity contribution is 0.198. The van der Waals surface area contributed by atoms with E-state index in [1.54, 1.807) is 6.20 Å². The Hall–Kier alpha value is -0.870. The fourth-order valence-corrected chi connectivity index (χ4v) is 2.28. The van der Waals surface area contributed by atoms with Crippen molar-refractivity contribution >= 4 is 0 Å². The van der Waals surface area contributed by atoms with Crippen LogP contribution in [0.4, 0.5) is 0 Å². The zero-order chi connectivity index (χ0) is 10.7. The molecule has 1 aliphatic heterocycles. The number of aliphatic hydroxyl groups excluding tert-OH is 1. The van der Waals surface area contributed by atoms with Crippen LogP contribution in [0.25, 0.3) is 0 Å². The highest BCUT2D eigenvalue weighted by Gasteiger charge is 2.20. The van der Waals surface area contributed by atoms with E-state index in [2.05, 4.69) is 17.1 Å². The second-order valence-electron chi connectivity index (χ2n) is 4.41. The molecule has 0 spiro atoms. The summed E-state index contributed by atoms with van der Waals surface area (Å²) in [5, 5.41) is 12.8. The quantitative estimate of drug-likeness (QED) is 0.810. The van der Waals surface area contributed by atoms with Gasteiger partial charge in [0.1, 0.15) is 5.76 Å². The molecule has 1 saturated heterocycles. The Morgan fingerprint density at radius 3 is 3.27 bits per heavy atom. The van der Waals surface area contributed by atoms with Gasteiger partial charge in [-0.05, 0) is 32.4 Å². The Morgan fingerprint density at radius 1 is 1.67 bits per heavy atom. The van der Waals surface area contributed by atoms with Crippen LogP contribution in [0.2, 0.25) is 0 Å². The first kappa shape index (κ1) is 10.6. The molecular weight excluding hydrogens is 192 g/mol. The molecule has 0 bridgehead atoms. The number of hydrogen-bond acceptors (Lipinski definition) is 4. The summed E-state index contributed by atoms with van der Waals surface area (Å²) in [7, 11) is 2.15. The van der Waals surface area contributed by atoms with Crippen LogP contribution in [0, 0.1) is 5.92 Å². The third kappa shape index (κ3) is 2.58. The van der Waals surface area contributed by atoms with Crippen molar-refractivity contribution in [2.75, 3.05) is 20.1 Å². The van der Waals surface area contributed by atoms with Crippen LogP contribution in [0.15, 0.2) is 10.7 Å². The summed E-state index contributed by atoms with van der Waals surface area (Å²) in [5.41, 5.74) is 0.836. The van der Waals surface area contributed by atoms with Crippen LogP contribution in [-0.4, -0.2) is 35.3 Å². The van der Waals surface area contributed by atoms with Gasteiger partial charge < -0.3 is 14.5 Å². The number of aromatic nitrogens is 1. The molecule has 1 fully saturated rings. The lowest BCUT2D eigenvalue weighted by atomic mass is 9.93. The number of likely N-dealkylation sites (tertiary alicyclic amines) is 1. The fraction of sp³-hybridized carbons (Fsp3) is 0.727. The van der Waals surface area contributed by atoms with Gasteiger partial charge in [-0.2, -0.15) is 0 Å². The maximum absolute atomic E-state index is 9.08. The molecule has 1 aromatic heterocycles. The highest BCUT2D eigenvalue weighted by atomic mass is 16.5. The van der Waals surface area contributed by atoms with Gasteiger partial charge in [0.2, 0.25) is 0 Å². The maximum atomic E-state index is 9.08. The molecular formula is C11H18N2O2. The molecule has 0 saturated carbocycles. The molecule has 1 unspecified atom stereocenters. The van der Waals surface area contributed by atoms with E-state index in [9.17, 15) is 0 Å². The normalized spacial score (nSPS) is 23.2. The first-order valence-electron chi connectivity index (χ1n) is 5.51. The Kier molecular flexibility index (Phi) is 3.38. The van der Waals surface area contributed by atoms with Crippen molar-refractivity contribution in [3.8, 4) is 0 Å². The Morgan fingerprint density at radius 2 is 2.53 bits per heavy atom. The predicted molar refractivity (Wildman–Crippen MR) is 56.4 cm³/mol. The Balaban J connectivity index is 1.96. The van der Waals surface area contributed by atoms with E-state index in [4.69, 9.17) is 9.63 Å². The summed E-state index contributed by atoms with van der Waals surface area (Å²) in [6, 6.07) is 0. The van der Waals surface area contributed by atoms with E-state index in [0.29, 0.717) is 5.92 Å². The monoisotopic (exact) mass is 210 g/mol. The summed E-state index contributed by atoms with van der Waals surface area (Å²) in [4.78, 5) is 2.35. The highest BCUT2D eigenvalue weighted by Crippen LogP contribution is 2.21. The van der Waals surface area contributed by atoms with Crippen molar-refractivity contribution in [3.63, 3.8) is 0 Å². The van der Waals surface area contributed by atoms with Gasteiger partial charge in [-0.15, -0.1) is 0 Å². The molecule has 84 valence electrons. The molecule has 0 aliphatic carbocycles. The molecule has 0 radical (unpaired) electrons. The number of piperidine rings is 1. The van der Waals surface area contributed by atoms with Gasteiger partial charge in [0, 0.05) is 18.5 Å². The van der Waals surface area contributed by atoms with Gasteiger partial charge in [0.05, 0.1) is 12.8 Å². The first-order chi connectivity index (χ1) is 7.29. The van der Waals surface area contributed by atoms with Gasteiger partial charge >= 0.3 is 0 Å². The van der Waals surface area contributed by atoms with Gasteiger partial charge in [-0.1, -0.05) is 5.16 Å². The third-order valence-electron chi connectivity index (χ3n) is 3.10. The van der Waals surface area contributed by atoms with Crippen LogP contribution in [0.3, 0.4) is 0 Å². The Bertz CT molecular complexity index is 311. The van der Waals surface area contributed by atoms with E-state index < -0.39 is 0 Å². The number of hydrogen-bond donors (Lipinski definition) is 1. The first-order valence-corrected chi connectivity index (χ1v) is 5.51. The molecule has 4 heteroatoms. The lowest BCUT2D eigenvalue weighted by Gasteiger charge is -2.29. The minimum Gasteiger partial charge on any atom is -0.391 e. The van der Waals surface area contributed by atoms with E-state index in [1.165, 1.54) is 19.4 Å². The highest BCUT2D eigenvalue weighted by molar-refractivity contribution is 5.12. The maximum Gasteiger partial charge on any atom is 0.142 e. The fourth-order valence-electron chi connectivity index (χ4n) is 2.28. The third-order valence-corrected chi connectivity index (χ3v) is 3.10. The van der Waals surface area contributed by atoms with E-state index in [-0.39, 0.29) is 6.61 Å². The molecule has 1 aliphatic rings. The molecule has 2 heterocycles. The molecule has 15 heavy (non-hydrogen) atoms. The summed E-state index contributed by atoms with van der Waals surface area (Å²) in [6.07, 6.45) is 5.02. The zero-order valence-corrected chi connectivity index (χ0v) is 9.15. The van der Waals surface area contributed by atoms with Crippen molar-refractivity contribution in [2.45, 2.75) is 25.9 Å². The topological polar surface area (TPSA) is 49.5 Å². The average Bonchev–Trinajstić information content (AvgIpc) is 2.65. The van der Waals surface area contributed by atoms with Crippen molar-refractivity contribution in [2.24, 2.45) is 5.92 Å². The molecule has 1 atom stereocenters. The summed E-state index contributed by atoms with van der Waals surface area (Å²) in [6.45, 7) is 2.34. The number of rotatable bonds is 3. The molecule has 1 aromatic rings. The van der Waals surface area contributed by atoms with Gasteiger partial charge in [-0.3, -0.25) is 0 Å². The predicted octanol–water partition coefficient (Wildman–Crippen LogP) is 1.05. The molecule has 1 N–H and O–H groups in total. The second kappa shape index (κ2) is 4.77. The summed E-state index contributed by atoms with van der Waals surface area (Å²) in [5.74, 6) is 1.50. The zero-order valence-electron chi connectivity index (χ0n) is 9.15. The van der Waals surface area contributed by atoms with Crippen molar-refractivity contribution < 1.29 is 9.63 Å².